The molecule has 1 atom stereocenters. The standard InChI is InChI=1S/C15H18N2OS2/c1-11-9-17-14(20-11)10-19-13(15(18)16-2)8-12-6-4-3-5-7-12/h3-7,9,13H,8,10H2,1-2H3,(H,16,18)/t13-/m0/s1. The summed E-state index contributed by atoms with van der Waals surface area (Å²) in [6.45, 7) is 2.05. The number of rotatable bonds is 6. The Bertz CT molecular complexity index is 554. The summed E-state index contributed by atoms with van der Waals surface area (Å²) in [6.07, 6.45) is 2.63. The molecule has 5 heteroatoms. The van der Waals surface area contributed by atoms with Crippen LogP contribution in [0.25, 0.3) is 0 Å². The SMILES string of the molecule is CNC(=O)[C@H](Cc1ccccc1)SCc1ncc(C)s1. The van der Waals surface area contributed by atoms with E-state index in [2.05, 4.69) is 22.4 Å². The number of hydrogen-bond acceptors (Lipinski definition) is 4. The van der Waals surface area contributed by atoms with E-state index < -0.39 is 0 Å². The Morgan fingerprint density at radius 3 is 2.75 bits per heavy atom. The first-order valence-electron chi connectivity index (χ1n) is 6.47. The van der Waals surface area contributed by atoms with Crippen LogP contribution in [0.4, 0.5) is 0 Å². The molecule has 20 heavy (non-hydrogen) atoms. The fraction of sp³-hybridized carbons (Fsp3) is 0.333. The summed E-state index contributed by atoms with van der Waals surface area (Å²) in [7, 11) is 1.69. The Labute approximate surface area is 127 Å². The number of aromatic nitrogens is 1. The van der Waals surface area contributed by atoms with Gasteiger partial charge in [0.05, 0.1) is 5.25 Å². The summed E-state index contributed by atoms with van der Waals surface area (Å²) in [6, 6.07) is 10.1. The van der Waals surface area contributed by atoms with Crippen molar-refractivity contribution >= 4 is 29.0 Å². The maximum Gasteiger partial charge on any atom is 0.233 e. The zero-order valence-electron chi connectivity index (χ0n) is 11.6. The highest BCUT2D eigenvalue weighted by Crippen LogP contribution is 2.24. The van der Waals surface area contributed by atoms with Gasteiger partial charge in [0.25, 0.3) is 0 Å². The Hall–Kier alpha value is -1.33. The molecule has 106 valence electrons. The van der Waals surface area contributed by atoms with Crippen LogP contribution in [-0.2, 0) is 17.0 Å². The minimum absolute atomic E-state index is 0.0760. The molecular formula is C15H18N2OS2. The van der Waals surface area contributed by atoms with Gasteiger partial charge < -0.3 is 5.32 Å². The van der Waals surface area contributed by atoms with Gasteiger partial charge in [0, 0.05) is 23.9 Å². The van der Waals surface area contributed by atoms with Gasteiger partial charge in [-0.2, -0.15) is 0 Å². The smallest absolute Gasteiger partial charge is 0.233 e. The van der Waals surface area contributed by atoms with Crippen LogP contribution in [-0.4, -0.2) is 23.2 Å². The van der Waals surface area contributed by atoms with Crippen molar-refractivity contribution in [2.24, 2.45) is 0 Å². The number of nitrogens with one attached hydrogen (secondary N) is 1. The van der Waals surface area contributed by atoms with Gasteiger partial charge in [0.2, 0.25) is 5.91 Å². The molecule has 2 aromatic rings. The fourth-order valence-electron chi connectivity index (χ4n) is 1.86. The van der Waals surface area contributed by atoms with E-state index in [1.165, 1.54) is 10.4 Å². The van der Waals surface area contributed by atoms with Crippen LogP contribution in [0, 0.1) is 6.92 Å². The zero-order chi connectivity index (χ0) is 14.4. The molecular weight excluding hydrogens is 288 g/mol. The van der Waals surface area contributed by atoms with Gasteiger partial charge in [-0.25, -0.2) is 4.98 Å². The second kappa shape index (κ2) is 7.45. The van der Waals surface area contributed by atoms with Crippen molar-refractivity contribution in [3.8, 4) is 0 Å². The molecule has 1 amide bonds. The van der Waals surface area contributed by atoms with Gasteiger partial charge in [-0.1, -0.05) is 30.3 Å². The zero-order valence-corrected chi connectivity index (χ0v) is 13.3. The minimum atomic E-state index is -0.0772. The summed E-state index contributed by atoms with van der Waals surface area (Å²) in [5.41, 5.74) is 1.18. The molecule has 0 unspecified atom stereocenters. The van der Waals surface area contributed by atoms with Crippen LogP contribution in [0.2, 0.25) is 0 Å². The molecule has 1 N–H and O–H groups in total. The second-order valence-electron chi connectivity index (χ2n) is 4.47. The summed E-state index contributed by atoms with van der Waals surface area (Å²) in [5.74, 6) is 0.857. The molecule has 0 bridgehead atoms. The third kappa shape index (κ3) is 4.35. The Kier molecular flexibility index (Phi) is 5.61. The first kappa shape index (κ1) is 15.1. The maximum absolute atomic E-state index is 12.0. The van der Waals surface area contributed by atoms with E-state index in [9.17, 15) is 4.79 Å². The molecule has 0 fully saturated rings. The summed E-state index contributed by atoms with van der Waals surface area (Å²) >= 11 is 3.34. The fourth-order valence-corrected chi connectivity index (χ4v) is 3.88. The quantitative estimate of drug-likeness (QED) is 0.892. The lowest BCUT2D eigenvalue weighted by Gasteiger charge is -2.14. The van der Waals surface area contributed by atoms with E-state index in [1.54, 1.807) is 30.1 Å². The average molecular weight is 306 g/mol. The lowest BCUT2D eigenvalue weighted by molar-refractivity contribution is -0.120. The van der Waals surface area contributed by atoms with Crippen LogP contribution in [0.3, 0.4) is 0 Å². The molecule has 1 aromatic carbocycles. The number of amides is 1. The Morgan fingerprint density at radius 1 is 1.40 bits per heavy atom. The molecule has 0 spiro atoms. The first-order valence-corrected chi connectivity index (χ1v) is 8.34. The van der Waals surface area contributed by atoms with Crippen molar-refractivity contribution in [2.45, 2.75) is 24.3 Å². The minimum Gasteiger partial charge on any atom is -0.358 e. The van der Waals surface area contributed by atoms with Crippen LogP contribution in [0.15, 0.2) is 36.5 Å². The lowest BCUT2D eigenvalue weighted by atomic mass is 10.1. The van der Waals surface area contributed by atoms with Crippen LogP contribution >= 0.6 is 23.1 Å². The van der Waals surface area contributed by atoms with Gasteiger partial charge in [-0.3, -0.25) is 4.79 Å². The van der Waals surface area contributed by atoms with Crippen LogP contribution in [0.5, 0.6) is 0 Å². The lowest BCUT2D eigenvalue weighted by Crippen LogP contribution is -2.31. The molecule has 0 aliphatic heterocycles. The van der Waals surface area contributed by atoms with E-state index in [1.807, 2.05) is 31.3 Å². The second-order valence-corrected chi connectivity index (χ2v) is 6.98. The highest BCUT2D eigenvalue weighted by Gasteiger charge is 2.18. The van der Waals surface area contributed by atoms with E-state index >= 15 is 0 Å². The van der Waals surface area contributed by atoms with Crippen molar-refractivity contribution in [1.82, 2.24) is 10.3 Å². The van der Waals surface area contributed by atoms with Gasteiger partial charge >= 0.3 is 0 Å². The number of aryl methyl sites for hydroxylation is 1. The Balaban J connectivity index is 1.98. The number of thioether (sulfide) groups is 1. The van der Waals surface area contributed by atoms with Crippen LogP contribution in [0.1, 0.15) is 15.4 Å². The molecule has 1 aromatic heterocycles. The van der Waals surface area contributed by atoms with Crippen molar-refractivity contribution in [3.05, 3.63) is 52.0 Å². The van der Waals surface area contributed by atoms with Crippen LogP contribution < -0.4 is 5.32 Å². The number of carbonyl (C=O) groups is 1. The third-order valence-electron chi connectivity index (χ3n) is 2.88. The molecule has 0 aliphatic rings. The van der Waals surface area contributed by atoms with Gasteiger partial charge in [-0.15, -0.1) is 23.1 Å². The predicted molar refractivity (Wildman–Crippen MR) is 86.1 cm³/mol. The van der Waals surface area contributed by atoms with E-state index in [4.69, 9.17) is 0 Å². The summed E-state index contributed by atoms with van der Waals surface area (Å²) in [4.78, 5) is 17.5. The Morgan fingerprint density at radius 2 is 2.15 bits per heavy atom. The number of nitrogens with zero attached hydrogens (tertiary/aromatic N) is 1. The molecule has 0 radical (unpaired) electrons. The van der Waals surface area contributed by atoms with Crippen molar-refractivity contribution in [2.75, 3.05) is 7.05 Å². The van der Waals surface area contributed by atoms with E-state index in [0.29, 0.717) is 0 Å². The number of hydrogen-bond donors (Lipinski definition) is 1. The normalized spacial score (nSPS) is 12.1. The topological polar surface area (TPSA) is 42.0 Å². The molecule has 0 aliphatic carbocycles. The van der Waals surface area contributed by atoms with Gasteiger partial charge in [-0.05, 0) is 18.9 Å². The van der Waals surface area contributed by atoms with E-state index in [0.717, 1.165) is 17.2 Å². The summed E-state index contributed by atoms with van der Waals surface area (Å²) < 4.78 is 0. The monoisotopic (exact) mass is 306 g/mol. The number of benzene rings is 1. The molecule has 0 saturated heterocycles. The van der Waals surface area contributed by atoms with Gasteiger partial charge in [0.15, 0.2) is 0 Å². The van der Waals surface area contributed by atoms with Crippen molar-refractivity contribution < 1.29 is 4.79 Å². The molecule has 3 nitrogen and oxygen atoms in total. The average Bonchev–Trinajstić information content (AvgIpc) is 2.89. The molecule has 0 saturated carbocycles. The number of carbonyl (C=O) groups excluding carboxylic acids is 1. The summed E-state index contributed by atoms with van der Waals surface area (Å²) in [5, 5.41) is 3.75. The van der Waals surface area contributed by atoms with Gasteiger partial charge in [0.1, 0.15) is 5.01 Å². The number of thiazole rings is 1. The first-order chi connectivity index (χ1) is 9.69. The largest absolute Gasteiger partial charge is 0.358 e. The maximum atomic E-state index is 12.0. The highest BCUT2D eigenvalue weighted by molar-refractivity contribution is 7.99. The molecule has 2 rings (SSSR count). The van der Waals surface area contributed by atoms with Crippen molar-refractivity contribution in [3.63, 3.8) is 0 Å². The highest BCUT2D eigenvalue weighted by atomic mass is 32.2. The third-order valence-corrected chi connectivity index (χ3v) is 5.20. The van der Waals surface area contributed by atoms with Crippen molar-refractivity contribution in [1.29, 1.82) is 0 Å². The molecule has 1 heterocycles. The predicted octanol–water partition coefficient (Wildman–Crippen LogP) is 3.04. The van der Waals surface area contributed by atoms with E-state index in [-0.39, 0.29) is 11.2 Å².